The number of amidine groups is 1. The van der Waals surface area contributed by atoms with Gasteiger partial charge >= 0.3 is 0 Å². The van der Waals surface area contributed by atoms with Crippen LogP contribution in [-0.2, 0) is 12.8 Å². The van der Waals surface area contributed by atoms with Crippen LogP contribution in [0.1, 0.15) is 29.8 Å². The molecule has 0 radical (unpaired) electrons. The van der Waals surface area contributed by atoms with Crippen molar-refractivity contribution in [2.45, 2.75) is 25.7 Å². The summed E-state index contributed by atoms with van der Waals surface area (Å²) in [5.41, 5.74) is 9.61. The minimum Gasteiger partial charge on any atom is -0.384 e. The summed E-state index contributed by atoms with van der Waals surface area (Å²) in [6.07, 6.45) is 6.59. The molecular weight excluding hydrogens is 200 g/mol. The Morgan fingerprint density at radius 3 is 3.00 bits per heavy atom. The van der Waals surface area contributed by atoms with Crippen molar-refractivity contribution in [2.75, 3.05) is 0 Å². The van der Waals surface area contributed by atoms with Crippen LogP contribution in [0.3, 0.4) is 0 Å². The standard InChI is InChI=1S/C12H14N4/c13-11(14)8-4-3-7-16-10-6-2-1-5-9(10)15-12(8)16/h3-4,7H,1-2,5-6H2,(H3,13,14). The Bertz CT molecular complexity index is 568. The molecule has 3 rings (SSSR count). The molecule has 2 aromatic rings. The summed E-state index contributed by atoms with van der Waals surface area (Å²) in [5, 5.41) is 7.55. The summed E-state index contributed by atoms with van der Waals surface area (Å²) in [4.78, 5) is 4.62. The highest BCUT2D eigenvalue weighted by molar-refractivity contribution is 6.00. The smallest absolute Gasteiger partial charge is 0.148 e. The van der Waals surface area contributed by atoms with Gasteiger partial charge in [-0.3, -0.25) is 5.41 Å². The van der Waals surface area contributed by atoms with E-state index in [0.717, 1.165) is 24.1 Å². The van der Waals surface area contributed by atoms with E-state index in [9.17, 15) is 0 Å². The number of nitrogen functional groups attached to an aromatic ring is 1. The van der Waals surface area contributed by atoms with E-state index in [1.807, 2.05) is 18.3 Å². The minimum absolute atomic E-state index is 0.0907. The van der Waals surface area contributed by atoms with Gasteiger partial charge in [0.05, 0.1) is 11.3 Å². The number of rotatable bonds is 1. The molecule has 0 saturated heterocycles. The second kappa shape index (κ2) is 3.33. The maximum absolute atomic E-state index is 7.55. The molecule has 1 aliphatic rings. The third-order valence-electron chi connectivity index (χ3n) is 3.20. The van der Waals surface area contributed by atoms with Crippen molar-refractivity contribution in [2.24, 2.45) is 5.73 Å². The fourth-order valence-electron chi connectivity index (χ4n) is 2.42. The fraction of sp³-hybridized carbons (Fsp3) is 0.333. The zero-order valence-electron chi connectivity index (χ0n) is 9.03. The van der Waals surface area contributed by atoms with Crippen LogP contribution in [0.25, 0.3) is 5.65 Å². The summed E-state index contributed by atoms with van der Waals surface area (Å²) in [6, 6.07) is 3.79. The number of nitrogens with zero attached hydrogens (tertiary/aromatic N) is 2. The van der Waals surface area contributed by atoms with Gasteiger partial charge in [0.25, 0.3) is 0 Å². The summed E-state index contributed by atoms with van der Waals surface area (Å²) in [7, 11) is 0. The van der Waals surface area contributed by atoms with Crippen LogP contribution in [0.2, 0.25) is 0 Å². The number of pyridine rings is 1. The molecule has 0 bridgehead atoms. The SMILES string of the molecule is N=C(N)c1cccn2c3c(nc12)CCCC3. The predicted molar refractivity (Wildman–Crippen MR) is 62.9 cm³/mol. The molecule has 0 amide bonds. The number of aromatic nitrogens is 2. The van der Waals surface area contributed by atoms with Gasteiger partial charge in [0.2, 0.25) is 0 Å². The number of nitrogens with two attached hydrogens (primary N) is 1. The molecule has 2 aromatic heterocycles. The topological polar surface area (TPSA) is 67.2 Å². The number of imidazole rings is 1. The molecule has 0 fully saturated rings. The van der Waals surface area contributed by atoms with Crippen LogP contribution in [0.5, 0.6) is 0 Å². The van der Waals surface area contributed by atoms with Crippen LogP contribution in [-0.4, -0.2) is 15.2 Å². The van der Waals surface area contributed by atoms with Crippen LogP contribution in [0.15, 0.2) is 18.3 Å². The average Bonchev–Trinajstić information content (AvgIpc) is 2.67. The first-order valence-electron chi connectivity index (χ1n) is 5.60. The van der Waals surface area contributed by atoms with Crippen LogP contribution in [0, 0.1) is 5.41 Å². The van der Waals surface area contributed by atoms with E-state index in [4.69, 9.17) is 11.1 Å². The fourth-order valence-corrected chi connectivity index (χ4v) is 2.42. The average molecular weight is 214 g/mol. The third-order valence-corrected chi connectivity index (χ3v) is 3.20. The normalized spacial score (nSPS) is 15.0. The molecule has 4 heteroatoms. The van der Waals surface area contributed by atoms with Gasteiger partial charge in [-0.25, -0.2) is 4.98 Å². The van der Waals surface area contributed by atoms with E-state index in [1.54, 1.807) is 0 Å². The van der Waals surface area contributed by atoms with E-state index in [-0.39, 0.29) is 5.84 Å². The number of hydrogen-bond donors (Lipinski definition) is 2. The Hall–Kier alpha value is -1.84. The summed E-state index contributed by atoms with van der Waals surface area (Å²) >= 11 is 0. The molecule has 1 aliphatic carbocycles. The highest BCUT2D eigenvalue weighted by atomic mass is 15.0. The van der Waals surface area contributed by atoms with Gasteiger partial charge in [0.1, 0.15) is 11.5 Å². The number of nitrogens with one attached hydrogen (secondary N) is 1. The quantitative estimate of drug-likeness (QED) is 0.558. The lowest BCUT2D eigenvalue weighted by atomic mass is 10.0. The van der Waals surface area contributed by atoms with Crippen molar-refractivity contribution in [3.05, 3.63) is 35.3 Å². The van der Waals surface area contributed by atoms with Gasteiger partial charge in [-0.1, -0.05) is 0 Å². The molecule has 3 N–H and O–H groups in total. The molecule has 0 unspecified atom stereocenters. The van der Waals surface area contributed by atoms with Gasteiger partial charge in [-0.15, -0.1) is 0 Å². The van der Waals surface area contributed by atoms with Crippen molar-refractivity contribution in [3.63, 3.8) is 0 Å². The maximum Gasteiger partial charge on any atom is 0.148 e. The monoisotopic (exact) mass is 214 g/mol. The van der Waals surface area contributed by atoms with Gasteiger partial charge < -0.3 is 10.1 Å². The van der Waals surface area contributed by atoms with Crippen molar-refractivity contribution in [1.82, 2.24) is 9.38 Å². The van der Waals surface area contributed by atoms with E-state index >= 15 is 0 Å². The Kier molecular flexibility index (Phi) is 1.96. The van der Waals surface area contributed by atoms with Crippen molar-refractivity contribution >= 4 is 11.5 Å². The first kappa shape index (κ1) is 9.39. The lowest BCUT2D eigenvalue weighted by Crippen LogP contribution is -2.12. The molecule has 0 atom stereocenters. The summed E-state index contributed by atoms with van der Waals surface area (Å²) < 4.78 is 2.09. The molecule has 0 spiro atoms. The van der Waals surface area contributed by atoms with Crippen molar-refractivity contribution < 1.29 is 0 Å². The largest absolute Gasteiger partial charge is 0.384 e. The third kappa shape index (κ3) is 1.23. The van der Waals surface area contributed by atoms with E-state index in [2.05, 4.69) is 9.38 Å². The number of fused-ring (bicyclic) bond motifs is 3. The lowest BCUT2D eigenvalue weighted by Gasteiger charge is -2.10. The Morgan fingerprint density at radius 1 is 1.38 bits per heavy atom. The number of hydrogen-bond acceptors (Lipinski definition) is 2. The molecule has 0 aromatic carbocycles. The van der Waals surface area contributed by atoms with E-state index in [0.29, 0.717) is 0 Å². The molecule has 0 aliphatic heterocycles. The zero-order valence-corrected chi connectivity index (χ0v) is 9.03. The second-order valence-electron chi connectivity index (χ2n) is 4.24. The first-order chi connectivity index (χ1) is 7.77. The van der Waals surface area contributed by atoms with Gasteiger partial charge in [0.15, 0.2) is 0 Å². The van der Waals surface area contributed by atoms with Crippen molar-refractivity contribution in [1.29, 1.82) is 5.41 Å². The Balaban J connectivity index is 2.33. The Morgan fingerprint density at radius 2 is 2.19 bits per heavy atom. The summed E-state index contributed by atoms with van der Waals surface area (Å²) in [6.45, 7) is 0. The van der Waals surface area contributed by atoms with Crippen LogP contribution >= 0.6 is 0 Å². The van der Waals surface area contributed by atoms with Gasteiger partial charge in [-0.05, 0) is 37.8 Å². The van der Waals surface area contributed by atoms with Gasteiger partial charge in [0, 0.05) is 11.9 Å². The summed E-state index contributed by atoms with van der Waals surface area (Å²) in [5.74, 6) is 0.0907. The zero-order chi connectivity index (χ0) is 11.1. The highest BCUT2D eigenvalue weighted by Crippen LogP contribution is 2.23. The van der Waals surface area contributed by atoms with Gasteiger partial charge in [-0.2, -0.15) is 0 Å². The Labute approximate surface area is 93.6 Å². The lowest BCUT2D eigenvalue weighted by molar-refractivity contribution is 0.660. The van der Waals surface area contributed by atoms with Crippen LogP contribution in [0.4, 0.5) is 0 Å². The number of aryl methyl sites for hydroxylation is 2. The van der Waals surface area contributed by atoms with Crippen molar-refractivity contribution in [3.8, 4) is 0 Å². The molecule has 0 saturated carbocycles. The molecule has 4 nitrogen and oxygen atoms in total. The maximum atomic E-state index is 7.55. The van der Waals surface area contributed by atoms with E-state index in [1.165, 1.54) is 24.2 Å². The molecule has 16 heavy (non-hydrogen) atoms. The highest BCUT2D eigenvalue weighted by Gasteiger charge is 2.17. The first-order valence-corrected chi connectivity index (χ1v) is 5.60. The van der Waals surface area contributed by atoms with E-state index < -0.39 is 0 Å². The minimum atomic E-state index is 0.0907. The predicted octanol–water partition coefficient (Wildman–Crippen LogP) is 1.50. The molecule has 2 heterocycles. The second-order valence-corrected chi connectivity index (χ2v) is 4.24. The van der Waals surface area contributed by atoms with Crippen LogP contribution < -0.4 is 5.73 Å². The molecule has 82 valence electrons. The molecular formula is C12H14N4.